The first kappa shape index (κ1) is 13.3. The van der Waals surface area contributed by atoms with E-state index < -0.39 is 0 Å². The van der Waals surface area contributed by atoms with Gasteiger partial charge in [0, 0.05) is 18.5 Å². The summed E-state index contributed by atoms with van der Waals surface area (Å²) in [5.41, 5.74) is 0.978. The lowest BCUT2D eigenvalue weighted by atomic mass is 10.2. The van der Waals surface area contributed by atoms with E-state index in [-0.39, 0.29) is 0 Å². The molecule has 0 atom stereocenters. The van der Waals surface area contributed by atoms with Crippen LogP contribution < -0.4 is 5.32 Å². The van der Waals surface area contributed by atoms with Crippen molar-refractivity contribution in [1.82, 2.24) is 20.4 Å². The summed E-state index contributed by atoms with van der Waals surface area (Å²) in [7, 11) is 0. The van der Waals surface area contributed by atoms with E-state index in [1.165, 1.54) is 6.39 Å². The van der Waals surface area contributed by atoms with Crippen molar-refractivity contribution in [2.75, 3.05) is 5.32 Å². The van der Waals surface area contributed by atoms with E-state index in [1.54, 1.807) is 0 Å². The maximum atomic E-state index is 5.47. The molecule has 0 fully saturated rings. The second kappa shape index (κ2) is 6.67. The molecule has 0 aliphatic rings. The van der Waals surface area contributed by atoms with Gasteiger partial charge >= 0.3 is 6.01 Å². The number of hydrogen-bond donors (Lipinski definition) is 1. The highest BCUT2D eigenvalue weighted by molar-refractivity contribution is 5.28. The molecule has 1 N–H and O–H groups in total. The van der Waals surface area contributed by atoms with Crippen molar-refractivity contribution in [1.29, 1.82) is 0 Å². The fraction of sp³-hybridized carbons (Fsp3) is 0.500. The summed E-state index contributed by atoms with van der Waals surface area (Å²) in [6.45, 7) is 3.88. The first-order valence-electron chi connectivity index (χ1n) is 6.25. The molecule has 2 aromatic heterocycles. The number of rotatable bonds is 7. The third-order valence-electron chi connectivity index (χ3n) is 2.64. The van der Waals surface area contributed by atoms with Crippen LogP contribution in [0.15, 0.2) is 27.0 Å². The summed E-state index contributed by atoms with van der Waals surface area (Å²) in [5, 5.41) is 18.4. The first-order valence-corrected chi connectivity index (χ1v) is 6.25. The Bertz CT molecular complexity index is 518. The van der Waals surface area contributed by atoms with Crippen LogP contribution in [0.4, 0.5) is 6.01 Å². The molecule has 19 heavy (non-hydrogen) atoms. The monoisotopic (exact) mass is 263 g/mol. The van der Waals surface area contributed by atoms with Gasteiger partial charge in [-0.1, -0.05) is 11.2 Å². The molecule has 0 amide bonds. The number of anilines is 1. The summed E-state index contributed by atoms with van der Waals surface area (Å²) in [4.78, 5) is 0. The van der Waals surface area contributed by atoms with E-state index in [2.05, 4.69) is 25.7 Å². The zero-order chi connectivity index (χ0) is 13.5. The van der Waals surface area contributed by atoms with Crippen LogP contribution in [0.1, 0.15) is 38.5 Å². The van der Waals surface area contributed by atoms with Gasteiger partial charge < -0.3 is 14.2 Å². The molecule has 7 nitrogen and oxygen atoms in total. The molecule has 0 aromatic carbocycles. The lowest BCUT2D eigenvalue weighted by Gasteiger charge is -1.98. The molecule has 0 radical (unpaired) electrons. The summed E-state index contributed by atoms with van der Waals surface area (Å²) in [5.74, 6) is 1.30. The molecule has 0 saturated heterocycles. The van der Waals surface area contributed by atoms with Gasteiger partial charge in [0.25, 0.3) is 0 Å². The molecule has 0 aliphatic heterocycles. The van der Waals surface area contributed by atoms with E-state index in [1.807, 2.05) is 19.9 Å². The highest BCUT2D eigenvalue weighted by Gasteiger charge is 2.06. The Hall–Kier alpha value is -2.18. The summed E-state index contributed by atoms with van der Waals surface area (Å²) in [6.07, 6.45) is 6.69. The Kier molecular flexibility index (Phi) is 4.66. The number of aryl methyl sites for hydroxylation is 2. The number of nitrogens with one attached hydrogen (secondary N) is 1. The molecule has 2 rings (SSSR count). The fourth-order valence-corrected chi connectivity index (χ4v) is 1.50. The summed E-state index contributed by atoms with van der Waals surface area (Å²) < 4.78 is 10.5. The number of allylic oxidation sites excluding steroid dienone is 2. The SMILES string of the molecule is C/C=C(\C)Nc1nnc(CCCCc2nnco2)o1. The van der Waals surface area contributed by atoms with Crippen LogP contribution in [0.5, 0.6) is 0 Å². The standard InChI is InChI=1S/C12H17N5O2/c1-3-9(2)14-12-17-16-11(19-12)7-5-4-6-10-15-13-8-18-10/h3,8H,4-7H2,1-2H3,(H,14,17)/b9-3+. The van der Waals surface area contributed by atoms with E-state index >= 15 is 0 Å². The van der Waals surface area contributed by atoms with E-state index in [4.69, 9.17) is 8.83 Å². The van der Waals surface area contributed by atoms with Gasteiger partial charge in [0.05, 0.1) is 0 Å². The average molecular weight is 263 g/mol. The minimum atomic E-state index is 0.433. The molecule has 2 aromatic rings. The number of hydrogen-bond acceptors (Lipinski definition) is 7. The van der Waals surface area contributed by atoms with Gasteiger partial charge in [0.1, 0.15) is 0 Å². The van der Waals surface area contributed by atoms with E-state index in [9.17, 15) is 0 Å². The number of unbranched alkanes of at least 4 members (excludes halogenated alkanes) is 1. The van der Waals surface area contributed by atoms with Crippen molar-refractivity contribution >= 4 is 6.01 Å². The molecule has 0 aliphatic carbocycles. The Morgan fingerprint density at radius 3 is 2.68 bits per heavy atom. The van der Waals surface area contributed by atoms with Gasteiger partial charge in [-0.25, -0.2) is 0 Å². The summed E-state index contributed by atoms with van der Waals surface area (Å²) >= 11 is 0. The van der Waals surface area contributed by atoms with Crippen LogP contribution in [0, 0.1) is 0 Å². The zero-order valence-electron chi connectivity index (χ0n) is 11.1. The lowest BCUT2D eigenvalue weighted by Crippen LogP contribution is -1.94. The molecule has 2 heterocycles. The van der Waals surface area contributed by atoms with Crippen molar-refractivity contribution in [3.63, 3.8) is 0 Å². The van der Waals surface area contributed by atoms with E-state index in [0.717, 1.165) is 31.4 Å². The fourth-order valence-electron chi connectivity index (χ4n) is 1.50. The van der Waals surface area contributed by atoms with Crippen LogP contribution in [-0.2, 0) is 12.8 Å². The zero-order valence-corrected chi connectivity index (χ0v) is 11.1. The first-order chi connectivity index (χ1) is 9.28. The smallest absolute Gasteiger partial charge is 0.319 e. The predicted octanol–water partition coefficient (Wildman–Crippen LogP) is 2.35. The maximum Gasteiger partial charge on any atom is 0.319 e. The normalized spacial score (nSPS) is 11.8. The number of aromatic nitrogens is 4. The van der Waals surface area contributed by atoms with Gasteiger partial charge in [0.2, 0.25) is 18.2 Å². The Morgan fingerprint density at radius 1 is 1.21 bits per heavy atom. The maximum absolute atomic E-state index is 5.47. The molecule has 0 unspecified atom stereocenters. The van der Waals surface area contributed by atoms with Crippen molar-refractivity contribution in [2.24, 2.45) is 0 Å². The van der Waals surface area contributed by atoms with Crippen LogP contribution in [0.2, 0.25) is 0 Å². The highest BCUT2D eigenvalue weighted by Crippen LogP contribution is 2.11. The van der Waals surface area contributed by atoms with Gasteiger partial charge in [0.15, 0.2) is 0 Å². The predicted molar refractivity (Wildman–Crippen MR) is 68.3 cm³/mol. The van der Waals surface area contributed by atoms with Crippen molar-refractivity contribution in [3.05, 3.63) is 29.9 Å². The molecular weight excluding hydrogens is 246 g/mol. The quantitative estimate of drug-likeness (QED) is 0.767. The van der Waals surface area contributed by atoms with Crippen molar-refractivity contribution < 1.29 is 8.83 Å². The highest BCUT2D eigenvalue weighted by atomic mass is 16.4. The van der Waals surface area contributed by atoms with E-state index in [0.29, 0.717) is 17.8 Å². The molecule has 0 bridgehead atoms. The van der Waals surface area contributed by atoms with Crippen molar-refractivity contribution in [2.45, 2.75) is 39.5 Å². The van der Waals surface area contributed by atoms with Crippen LogP contribution in [0.25, 0.3) is 0 Å². The minimum absolute atomic E-state index is 0.433. The molecule has 7 heteroatoms. The summed E-state index contributed by atoms with van der Waals surface area (Å²) in [6, 6.07) is 0.433. The number of nitrogens with zero attached hydrogens (tertiary/aromatic N) is 4. The molecular formula is C12H17N5O2. The molecule has 0 saturated carbocycles. The van der Waals surface area contributed by atoms with Crippen LogP contribution in [-0.4, -0.2) is 20.4 Å². The topological polar surface area (TPSA) is 89.9 Å². The third kappa shape index (κ3) is 4.20. The van der Waals surface area contributed by atoms with Gasteiger partial charge in [-0.15, -0.1) is 15.3 Å². The largest absolute Gasteiger partial charge is 0.428 e. The van der Waals surface area contributed by atoms with Gasteiger partial charge in [-0.3, -0.25) is 0 Å². The third-order valence-corrected chi connectivity index (χ3v) is 2.64. The second-order valence-electron chi connectivity index (χ2n) is 4.14. The van der Waals surface area contributed by atoms with Crippen LogP contribution in [0.3, 0.4) is 0 Å². The minimum Gasteiger partial charge on any atom is -0.428 e. The van der Waals surface area contributed by atoms with Crippen molar-refractivity contribution in [3.8, 4) is 0 Å². The Morgan fingerprint density at radius 2 is 2.00 bits per heavy atom. The Labute approximate surface area is 111 Å². The Balaban J connectivity index is 1.71. The lowest BCUT2D eigenvalue weighted by molar-refractivity contribution is 0.466. The average Bonchev–Trinajstić information content (AvgIpc) is 3.06. The van der Waals surface area contributed by atoms with Crippen LogP contribution >= 0.6 is 0 Å². The second-order valence-corrected chi connectivity index (χ2v) is 4.14. The van der Waals surface area contributed by atoms with Gasteiger partial charge in [-0.05, 0) is 26.7 Å². The van der Waals surface area contributed by atoms with Gasteiger partial charge in [-0.2, -0.15) is 0 Å². The molecule has 102 valence electrons. The molecule has 0 spiro atoms.